The lowest BCUT2D eigenvalue weighted by atomic mass is 10.0. The molecule has 0 bridgehead atoms. The van der Waals surface area contributed by atoms with Crippen molar-refractivity contribution in [2.45, 2.75) is 69.0 Å². The summed E-state index contributed by atoms with van der Waals surface area (Å²) in [6, 6.07) is 7.73. The lowest BCUT2D eigenvalue weighted by Gasteiger charge is -2.40. The summed E-state index contributed by atoms with van der Waals surface area (Å²) in [5.41, 5.74) is 1.98. The molecule has 162 valence electrons. The first kappa shape index (κ1) is 22.3. The van der Waals surface area contributed by atoms with E-state index in [9.17, 15) is 20.4 Å². The van der Waals surface area contributed by atoms with E-state index in [0.29, 0.717) is 13.0 Å². The van der Waals surface area contributed by atoms with Gasteiger partial charge in [0.25, 0.3) is 0 Å². The first-order valence-corrected chi connectivity index (χ1v) is 9.89. The molecule has 0 aromatic heterocycles. The van der Waals surface area contributed by atoms with Crippen LogP contribution in [0.15, 0.2) is 30.8 Å². The second kappa shape index (κ2) is 10.6. The number of aliphatic hydroxyl groups excluding tert-OH is 4. The van der Waals surface area contributed by atoms with Gasteiger partial charge < -0.3 is 39.4 Å². The number of hydrogen-bond acceptors (Lipinski definition) is 8. The Labute approximate surface area is 170 Å². The summed E-state index contributed by atoms with van der Waals surface area (Å²) in [6.45, 7) is 3.91. The number of hydrogen-bond donors (Lipinski definition) is 4. The summed E-state index contributed by atoms with van der Waals surface area (Å²) in [4.78, 5) is 0. The van der Waals surface area contributed by atoms with Crippen LogP contribution >= 0.6 is 0 Å². The predicted octanol–water partition coefficient (Wildman–Crippen LogP) is 0.558. The Morgan fingerprint density at radius 1 is 1.03 bits per heavy atom. The van der Waals surface area contributed by atoms with E-state index in [0.717, 1.165) is 11.1 Å². The normalized spacial score (nSPS) is 35.4. The van der Waals surface area contributed by atoms with Crippen molar-refractivity contribution in [1.82, 2.24) is 0 Å². The van der Waals surface area contributed by atoms with Crippen LogP contribution in [0.4, 0.5) is 0 Å². The second-order valence-corrected chi connectivity index (χ2v) is 7.49. The van der Waals surface area contributed by atoms with E-state index in [1.807, 2.05) is 24.3 Å². The van der Waals surface area contributed by atoms with Crippen LogP contribution in [0.1, 0.15) is 30.4 Å². The molecule has 3 rings (SSSR count). The summed E-state index contributed by atoms with van der Waals surface area (Å²) in [6.07, 6.45) is -3.19. The molecule has 8 nitrogen and oxygen atoms in total. The minimum absolute atomic E-state index is 0.0699. The minimum atomic E-state index is -1.10. The maximum absolute atomic E-state index is 10.2. The lowest BCUT2D eigenvalue weighted by Crippen LogP contribution is -2.52. The molecule has 2 aliphatic rings. The standard InChI is InChI=1S/C21H30O8/c1-2-13-3-5-14(6-4-13)11-26-12-18-21(25)17(24)9-20(28-18)29-19-8-15(23)7-16(10-22)27-19/h2-6,15-25H,1,7-12H2/t15-,16-,17+,18+,19?,20+,21-/m0/s1. The summed E-state index contributed by atoms with van der Waals surface area (Å²) < 4.78 is 22.7. The van der Waals surface area contributed by atoms with E-state index in [1.54, 1.807) is 6.08 Å². The highest BCUT2D eigenvalue weighted by Crippen LogP contribution is 2.27. The zero-order valence-electron chi connectivity index (χ0n) is 16.3. The summed E-state index contributed by atoms with van der Waals surface area (Å²) in [5.74, 6) is 0. The van der Waals surface area contributed by atoms with Crippen molar-refractivity contribution >= 4 is 6.08 Å². The summed E-state index contributed by atoms with van der Waals surface area (Å²) in [5, 5.41) is 39.5. The molecule has 8 heteroatoms. The van der Waals surface area contributed by atoms with Gasteiger partial charge in [-0.1, -0.05) is 36.9 Å². The molecule has 1 unspecified atom stereocenters. The maximum atomic E-state index is 10.2. The molecule has 7 atom stereocenters. The third-order valence-electron chi connectivity index (χ3n) is 5.15. The van der Waals surface area contributed by atoms with Crippen molar-refractivity contribution in [3.05, 3.63) is 42.0 Å². The van der Waals surface area contributed by atoms with E-state index in [4.69, 9.17) is 18.9 Å². The van der Waals surface area contributed by atoms with Crippen LogP contribution in [0.2, 0.25) is 0 Å². The van der Waals surface area contributed by atoms with Gasteiger partial charge in [0.1, 0.15) is 12.2 Å². The van der Waals surface area contributed by atoms with Crippen molar-refractivity contribution in [1.29, 1.82) is 0 Å². The molecule has 1 aromatic rings. The van der Waals surface area contributed by atoms with E-state index in [1.165, 1.54) is 0 Å². The Balaban J connectivity index is 1.49. The molecule has 0 amide bonds. The van der Waals surface area contributed by atoms with Crippen LogP contribution in [-0.4, -0.2) is 76.7 Å². The van der Waals surface area contributed by atoms with Gasteiger partial charge in [0.15, 0.2) is 12.6 Å². The van der Waals surface area contributed by atoms with Gasteiger partial charge in [-0.15, -0.1) is 0 Å². The third kappa shape index (κ3) is 6.31. The van der Waals surface area contributed by atoms with Crippen molar-refractivity contribution < 1.29 is 39.4 Å². The fourth-order valence-electron chi connectivity index (χ4n) is 3.51. The molecule has 0 aliphatic carbocycles. The van der Waals surface area contributed by atoms with Crippen LogP contribution in [0, 0.1) is 0 Å². The van der Waals surface area contributed by atoms with Crippen molar-refractivity contribution in [3.8, 4) is 0 Å². The van der Waals surface area contributed by atoms with Crippen LogP contribution in [0.3, 0.4) is 0 Å². The average molecular weight is 410 g/mol. The monoisotopic (exact) mass is 410 g/mol. The van der Waals surface area contributed by atoms with Gasteiger partial charge in [-0.25, -0.2) is 0 Å². The molecule has 1 aromatic carbocycles. The minimum Gasteiger partial charge on any atom is -0.394 e. The lowest BCUT2D eigenvalue weighted by molar-refractivity contribution is -0.324. The summed E-state index contributed by atoms with van der Waals surface area (Å²) >= 11 is 0. The number of aliphatic hydroxyl groups is 4. The van der Waals surface area contributed by atoms with Crippen LogP contribution < -0.4 is 0 Å². The highest BCUT2D eigenvalue weighted by molar-refractivity contribution is 5.47. The molecule has 0 saturated carbocycles. The van der Waals surface area contributed by atoms with Crippen molar-refractivity contribution in [3.63, 3.8) is 0 Å². The smallest absolute Gasteiger partial charge is 0.163 e. The molecule has 0 spiro atoms. The Morgan fingerprint density at radius 3 is 2.45 bits per heavy atom. The fraction of sp³-hybridized carbons (Fsp3) is 0.619. The Kier molecular flexibility index (Phi) is 8.16. The Hall–Kier alpha value is -1.36. The largest absolute Gasteiger partial charge is 0.394 e. The van der Waals surface area contributed by atoms with E-state index >= 15 is 0 Å². The zero-order valence-corrected chi connectivity index (χ0v) is 16.3. The van der Waals surface area contributed by atoms with Gasteiger partial charge in [-0.2, -0.15) is 0 Å². The van der Waals surface area contributed by atoms with E-state index in [2.05, 4.69) is 6.58 Å². The number of benzene rings is 1. The summed E-state index contributed by atoms with van der Waals surface area (Å²) in [7, 11) is 0. The second-order valence-electron chi connectivity index (χ2n) is 7.49. The molecule has 2 aliphatic heterocycles. The van der Waals surface area contributed by atoms with Gasteiger partial charge in [-0.3, -0.25) is 0 Å². The van der Waals surface area contributed by atoms with Gasteiger partial charge in [-0.05, 0) is 11.1 Å². The van der Waals surface area contributed by atoms with Gasteiger partial charge >= 0.3 is 0 Å². The predicted molar refractivity (Wildman–Crippen MR) is 104 cm³/mol. The topological polar surface area (TPSA) is 118 Å². The molecular formula is C21H30O8. The molecule has 2 heterocycles. The van der Waals surface area contributed by atoms with Crippen molar-refractivity contribution in [2.24, 2.45) is 0 Å². The molecular weight excluding hydrogens is 380 g/mol. The molecule has 4 N–H and O–H groups in total. The quantitative estimate of drug-likeness (QED) is 0.491. The van der Waals surface area contributed by atoms with Gasteiger partial charge in [0, 0.05) is 19.3 Å². The number of rotatable bonds is 8. The average Bonchev–Trinajstić information content (AvgIpc) is 2.71. The highest BCUT2D eigenvalue weighted by atomic mass is 16.8. The van der Waals surface area contributed by atoms with Crippen molar-refractivity contribution in [2.75, 3.05) is 13.2 Å². The van der Waals surface area contributed by atoms with Crippen LogP contribution in [0.5, 0.6) is 0 Å². The van der Waals surface area contributed by atoms with Crippen LogP contribution in [-0.2, 0) is 25.6 Å². The number of ether oxygens (including phenoxy) is 4. The molecule has 0 radical (unpaired) electrons. The first-order valence-electron chi connectivity index (χ1n) is 9.89. The van der Waals surface area contributed by atoms with E-state index < -0.39 is 43.1 Å². The van der Waals surface area contributed by atoms with Gasteiger partial charge in [0.2, 0.25) is 0 Å². The molecule has 2 fully saturated rings. The SMILES string of the molecule is C=Cc1ccc(COC[C@H]2O[C@H](OC3C[C@@H](O)C[C@@H](CO)O3)C[C@@H](O)[C@@H]2O)cc1. The fourth-order valence-corrected chi connectivity index (χ4v) is 3.51. The zero-order chi connectivity index (χ0) is 20.8. The molecule has 29 heavy (non-hydrogen) atoms. The van der Waals surface area contributed by atoms with Crippen LogP contribution in [0.25, 0.3) is 6.08 Å². The van der Waals surface area contributed by atoms with E-state index in [-0.39, 0.29) is 26.1 Å². The van der Waals surface area contributed by atoms with Gasteiger partial charge in [0.05, 0.1) is 38.1 Å². The first-order chi connectivity index (χ1) is 14.0. The maximum Gasteiger partial charge on any atom is 0.163 e. The molecule has 2 saturated heterocycles. The Morgan fingerprint density at radius 2 is 1.76 bits per heavy atom. The Bertz CT molecular complexity index is 636. The third-order valence-corrected chi connectivity index (χ3v) is 5.15. The highest BCUT2D eigenvalue weighted by Gasteiger charge is 2.39.